The number of rotatable bonds is 11. The van der Waals surface area contributed by atoms with Gasteiger partial charge in [-0.2, -0.15) is 0 Å². The number of benzene rings is 2. The zero-order chi connectivity index (χ0) is 26.5. The van der Waals surface area contributed by atoms with Gasteiger partial charge in [-0.15, -0.1) is 0 Å². The second kappa shape index (κ2) is 11.7. The van der Waals surface area contributed by atoms with Crippen LogP contribution in [0.3, 0.4) is 0 Å². The molecule has 10 nitrogen and oxygen atoms in total. The Bertz CT molecular complexity index is 1120. The maximum absolute atomic E-state index is 12.8. The molecule has 1 fully saturated rings. The Morgan fingerprint density at radius 3 is 2.65 bits per heavy atom. The highest BCUT2D eigenvalue weighted by atomic mass is 16.7. The second-order valence-corrected chi connectivity index (χ2v) is 9.13. The Morgan fingerprint density at radius 2 is 1.95 bits per heavy atom. The van der Waals surface area contributed by atoms with Crippen LogP contribution in [0.15, 0.2) is 36.4 Å². The molecule has 2 aliphatic heterocycles. The van der Waals surface area contributed by atoms with E-state index in [1.54, 1.807) is 38.3 Å². The van der Waals surface area contributed by atoms with E-state index in [0.717, 1.165) is 12.0 Å². The number of likely N-dealkylation sites (tertiary alicyclic amines) is 1. The third-order valence-electron chi connectivity index (χ3n) is 6.79. The van der Waals surface area contributed by atoms with Gasteiger partial charge in [-0.05, 0) is 37.1 Å². The molecule has 1 amide bonds. The third-order valence-corrected chi connectivity index (χ3v) is 6.79. The number of aliphatic carboxylic acids is 1. The number of hydrogen-bond donors (Lipinski definition) is 2. The first-order valence-electron chi connectivity index (χ1n) is 12.4. The van der Waals surface area contributed by atoms with Crippen LogP contribution in [-0.2, 0) is 14.3 Å². The molecule has 2 heterocycles. The Hall–Kier alpha value is -3.50. The molecule has 1 saturated heterocycles. The topological polar surface area (TPSA) is 116 Å². The van der Waals surface area contributed by atoms with Crippen LogP contribution in [0.1, 0.15) is 43.4 Å². The number of carboxylic acids is 1. The van der Waals surface area contributed by atoms with Crippen molar-refractivity contribution < 1.29 is 38.4 Å². The first-order chi connectivity index (χ1) is 17.9. The van der Waals surface area contributed by atoms with Crippen LogP contribution in [0.25, 0.3) is 0 Å². The van der Waals surface area contributed by atoms with E-state index in [0.29, 0.717) is 41.7 Å². The average molecular weight is 515 g/mol. The number of hydrogen-bond acceptors (Lipinski definition) is 8. The van der Waals surface area contributed by atoms with Crippen LogP contribution in [-0.4, -0.2) is 68.8 Å². The highest BCUT2D eigenvalue weighted by molar-refractivity contribution is 5.79. The standard InChI is InChI=1S/C27H34N2O8/c1-5-10-28-24(30)14-29-13-20(17-6-9-21-23(11-17)36-15-35-21)25(27(31)32)26(29)19-8-7-18(34-4)12-22(19)37-16(2)33-3/h6-9,11-12,16,20,25-26H,5,10,13-15H2,1-4H3,(H,28,30)(H,31,32). The van der Waals surface area contributed by atoms with Gasteiger partial charge in [0.05, 0.1) is 25.6 Å². The minimum absolute atomic E-state index is 0.0425. The Balaban J connectivity index is 1.78. The molecule has 0 bridgehead atoms. The molecular formula is C27H34N2O8. The number of methoxy groups -OCH3 is 2. The fourth-order valence-corrected chi connectivity index (χ4v) is 4.96. The largest absolute Gasteiger partial charge is 0.497 e. The number of carbonyl (C=O) groups excluding carboxylic acids is 1. The Kier molecular flexibility index (Phi) is 8.40. The quantitative estimate of drug-likeness (QED) is 0.436. The van der Waals surface area contributed by atoms with E-state index in [2.05, 4.69) is 5.32 Å². The van der Waals surface area contributed by atoms with Crippen molar-refractivity contribution in [1.29, 1.82) is 0 Å². The second-order valence-electron chi connectivity index (χ2n) is 9.13. The zero-order valence-electron chi connectivity index (χ0n) is 21.6. The van der Waals surface area contributed by atoms with Gasteiger partial charge in [-0.1, -0.05) is 19.1 Å². The maximum atomic E-state index is 12.8. The highest BCUT2D eigenvalue weighted by Crippen LogP contribution is 2.50. The van der Waals surface area contributed by atoms with E-state index in [9.17, 15) is 14.7 Å². The van der Waals surface area contributed by atoms with Crippen molar-refractivity contribution in [3.8, 4) is 23.0 Å². The molecule has 2 aromatic carbocycles. The molecule has 0 aromatic heterocycles. The molecule has 2 aliphatic rings. The van der Waals surface area contributed by atoms with Crippen molar-refractivity contribution in [3.63, 3.8) is 0 Å². The average Bonchev–Trinajstić information content (AvgIpc) is 3.51. The van der Waals surface area contributed by atoms with Crippen LogP contribution in [0, 0.1) is 5.92 Å². The number of nitrogens with zero attached hydrogens (tertiary/aromatic N) is 1. The molecule has 0 radical (unpaired) electrons. The van der Waals surface area contributed by atoms with E-state index >= 15 is 0 Å². The van der Waals surface area contributed by atoms with E-state index < -0.39 is 30.1 Å². The van der Waals surface area contributed by atoms with E-state index in [1.165, 1.54) is 7.11 Å². The zero-order valence-corrected chi connectivity index (χ0v) is 21.6. The summed E-state index contributed by atoms with van der Waals surface area (Å²) in [5, 5.41) is 13.4. The summed E-state index contributed by atoms with van der Waals surface area (Å²) in [6.45, 7) is 4.80. The summed E-state index contributed by atoms with van der Waals surface area (Å²) >= 11 is 0. The van der Waals surface area contributed by atoms with Gasteiger partial charge in [0.15, 0.2) is 17.8 Å². The van der Waals surface area contributed by atoms with Gasteiger partial charge in [0, 0.05) is 37.7 Å². The van der Waals surface area contributed by atoms with Gasteiger partial charge in [0.1, 0.15) is 11.5 Å². The van der Waals surface area contributed by atoms with Crippen molar-refractivity contribution in [2.45, 2.75) is 38.5 Å². The molecule has 0 spiro atoms. The first kappa shape index (κ1) is 26.6. The highest BCUT2D eigenvalue weighted by Gasteiger charge is 2.49. The van der Waals surface area contributed by atoms with Crippen molar-refractivity contribution in [3.05, 3.63) is 47.5 Å². The molecular weight excluding hydrogens is 480 g/mol. The molecule has 2 N–H and O–H groups in total. The summed E-state index contributed by atoms with van der Waals surface area (Å²) in [6, 6.07) is 10.1. The third kappa shape index (κ3) is 5.75. The normalized spacial score (nSPS) is 21.5. The summed E-state index contributed by atoms with van der Waals surface area (Å²) in [5.74, 6) is -0.199. The molecule has 4 rings (SSSR count). The fraction of sp³-hybridized carbons (Fsp3) is 0.481. The summed E-state index contributed by atoms with van der Waals surface area (Å²) in [6.07, 6.45) is 0.222. The number of ether oxygens (including phenoxy) is 5. The van der Waals surface area contributed by atoms with E-state index in [4.69, 9.17) is 23.7 Å². The van der Waals surface area contributed by atoms with Crippen molar-refractivity contribution in [2.75, 3.05) is 40.6 Å². The van der Waals surface area contributed by atoms with Crippen LogP contribution in [0.5, 0.6) is 23.0 Å². The maximum Gasteiger partial charge on any atom is 0.309 e. The Labute approximate surface area is 216 Å². The number of nitrogens with one attached hydrogen (secondary N) is 1. The number of carbonyl (C=O) groups is 2. The van der Waals surface area contributed by atoms with E-state index in [-0.39, 0.29) is 19.2 Å². The van der Waals surface area contributed by atoms with Crippen molar-refractivity contribution >= 4 is 11.9 Å². The molecule has 0 saturated carbocycles. The number of carboxylic acid groups (broad SMARTS) is 1. The van der Waals surface area contributed by atoms with Gasteiger partial charge >= 0.3 is 5.97 Å². The number of fused-ring (bicyclic) bond motifs is 1. The summed E-state index contributed by atoms with van der Waals surface area (Å²) in [4.78, 5) is 27.6. The first-order valence-corrected chi connectivity index (χ1v) is 12.4. The minimum Gasteiger partial charge on any atom is -0.497 e. The van der Waals surface area contributed by atoms with Crippen LogP contribution >= 0.6 is 0 Å². The van der Waals surface area contributed by atoms with Crippen LogP contribution < -0.4 is 24.3 Å². The van der Waals surface area contributed by atoms with Crippen molar-refractivity contribution in [2.24, 2.45) is 5.92 Å². The van der Waals surface area contributed by atoms with Crippen LogP contribution in [0.4, 0.5) is 0 Å². The Morgan fingerprint density at radius 1 is 1.16 bits per heavy atom. The summed E-state index contributed by atoms with van der Waals surface area (Å²) < 4.78 is 27.7. The minimum atomic E-state index is -0.967. The molecule has 0 aliphatic carbocycles. The summed E-state index contributed by atoms with van der Waals surface area (Å²) in [5.41, 5.74) is 1.45. The molecule has 37 heavy (non-hydrogen) atoms. The number of amides is 1. The molecule has 4 atom stereocenters. The van der Waals surface area contributed by atoms with E-state index in [1.807, 2.05) is 24.0 Å². The smallest absolute Gasteiger partial charge is 0.309 e. The molecule has 4 unspecified atom stereocenters. The van der Waals surface area contributed by atoms with Gasteiger partial charge < -0.3 is 34.1 Å². The van der Waals surface area contributed by atoms with Gasteiger partial charge in [0.2, 0.25) is 12.7 Å². The predicted molar refractivity (Wildman–Crippen MR) is 134 cm³/mol. The lowest BCUT2D eigenvalue weighted by molar-refractivity contribution is -0.143. The predicted octanol–water partition coefficient (Wildman–Crippen LogP) is 3.16. The monoisotopic (exact) mass is 514 g/mol. The molecule has 200 valence electrons. The molecule has 10 heteroatoms. The van der Waals surface area contributed by atoms with Gasteiger partial charge in [0.25, 0.3) is 0 Å². The van der Waals surface area contributed by atoms with Crippen molar-refractivity contribution in [1.82, 2.24) is 10.2 Å². The summed E-state index contributed by atoms with van der Waals surface area (Å²) in [7, 11) is 3.08. The lowest BCUT2D eigenvalue weighted by Crippen LogP contribution is -2.38. The van der Waals surface area contributed by atoms with Gasteiger partial charge in [-0.3, -0.25) is 14.5 Å². The van der Waals surface area contributed by atoms with Gasteiger partial charge in [-0.25, -0.2) is 0 Å². The molecule has 2 aromatic rings. The fourth-order valence-electron chi connectivity index (χ4n) is 4.96. The lowest BCUT2D eigenvalue weighted by atomic mass is 9.82. The lowest BCUT2D eigenvalue weighted by Gasteiger charge is -2.29. The SMILES string of the molecule is CCCNC(=O)CN1CC(c2ccc3c(c2)OCO3)C(C(=O)O)C1c1ccc(OC)cc1OC(C)OC. The van der Waals surface area contributed by atoms with Crippen LogP contribution in [0.2, 0.25) is 0 Å².